The Morgan fingerprint density at radius 2 is 1.73 bits per heavy atom. The number of benzene rings is 2. The van der Waals surface area contributed by atoms with Crippen LogP contribution in [0.1, 0.15) is 58.1 Å². The van der Waals surface area contributed by atoms with Gasteiger partial charge in [-0.3, -0.25) is 4.98 Å². The van der Waals surface area contributed by atoms with Crippen molar-refractivity contribution in [1.82, 2.24) is 29.9 Å². The van der Waals surface area contributed by atoms with Crippen LogP contribution < -0.4 is 21.3 Å². The number of nitrogens with zero attached hydrogens (tertiary/aromatic N) is 5. The van der Waals surface area contributed by atoms with Gasteiger partial charge >= 0.3 is 0 Å². The largest absolute Gasteiger partial charge is 0.362 e. The predicted molar refractivity (Wildman–Crippen MR) is 209 cm³/mol. The lowest BCUT2D eigenvalue weighted by molar-refractivity contribution is 0.354. The predicted octanol–water partition coefficient (Wildman–Crippen LogP) is 9.13. The quantitative estimate of drug-likeness (QED) is 0.0668. The number of aromatic nitrogens is 5. The zero-order chi connectivity index (χ0) is 35.1. The van der Waals surface area contributed by atoms with Crippen LogP contribution in [0, 0.1) is 11.8 Å². The molecule has 10 heteroatoms. The van der Waals surface area contributed by atoms with Crippen molar-refractivity contribution in [1.29, 1.82) is 0 Å². The van der Waals surface area contributed by atoms with Crippen LogP contribution in [0.2, 0.25) is 0 Å². The Labute approximate surface area is 294 Å². The molecular formula is C38H52BrN9. The number of hydrogen-bond acceptors (Lipinski definition) is 8. The van der Waals surface area contributed by atoms with Crippen LogP contribution in [-0.4, -0.2) is 50.5 Å². The summed E-state index contributed by atoms with van der Waals surface area (Å²) in [4.78, 5) is 14.6. The van der Waals surface area contributed by atoms with Crippen molar-refractivity contribution in [3.63, 3.8) is 0 Å². The number of allylic oxidation sites excluding steroid dienone is 1. The van der Waals surface area contributed by atoms with Gasteiger partial charge in [-0.05, 0) is 79.5 Å². The van der Waals surface area contributed by atoms with Gasteiger partial charge in [0.2, 0.25) is 11.9 Å². The number of nitrogens with one attached hydrogen (secondary N) is 4. The summed E-state index contributed by atoms with van der Waals surface area (Å²) < 4.78 is 1.81. The van der Waals surface area contributed by atoms with Crippen molar-refractivity contribution in [2.24, 2.45) is 11.8 Å². The minimum absolute atomic E-state index is 0.285. The van der Waals surface area contributed by atoms with Crippen LogP contribution in [-0.2, 0) is 6.54 Å². The lowest BCUT2D eigenvalue weighted by Gasteiger charge is -2.23. The van der Waals surface area contributed by atoms with Crippen molar-refractivity contribution in [2.45, 2.75) is 53.5 Å². The summed E-state index contributed by atoms with van der Waals surface area (Å²) in [6, 6.07) is 16.7. The molecule has 0 bridgehead atoms. The van der Waals surface area contributed by atoms with E-state index in [1.165, 1.54) is 0 Å². The molecule has 0 unspecified atom stereocenters. The maximum Gasteiger partial charge on any atom is 0.229 e. The molecule has 0 radical (unpaired) electrons. The highest BCUT2D eigenvalue weighted by Gasteiger charge is 2.19. The second kappa shape index (κ2) is 19.5. The summed E-state index contributed by atoms with van der Waals surface area (Å²) in [5.41, 5.74) is 6.03. The maximum absolute atomic E-state index is 4.90. The number of fused-ring (bicyclic) bond motifs is 2. The maximum atomic E-state index is 4.90. The van der Waals surface area contributed by atoms with E-state index >= 15 is 0 Å². The van der Waals surface area contributed by atoms with Crippen molar-refractivity contribution in [3.8, 4) is 11.3 Å². The fourth-order valence-electron chi connectivity index (χ4n) is 5.63. The molecule has 0 aliphatic carbocycles. The third-order valence-electron chi connectivity index (χ3n) is 8.14. The molecule has 0 aliphatic heterocycles. The van der Waals surface area contributed by atoms with Gasteiger partial charge in [-0.2, -0.15) is 19.6 Å². The summed E-state index contributed by atoms with van der Waals surface area (Å²) in [5, 5.41) is 20.5. The molecule has 3 heterocycles. The third-order valence-corrected chi connectivity index (χ3v) is 8.14. The van der Waals surface area contributed by atoms with Crippen LogP contribution in [0.4, 0.5) is 17.6 Å². The van der Waals surface area contributed by atoms with Crippen LogP contribution in [0.5, 0.6) is 0 Å². The molecule has 0 saturated heterocycles. The summed E-state index contributed by atoms with van der Waals surface area (Å²) in [7, 11) is 2.00. The standard InChI is InChI=1S/C34H43N9.C3H6.CH3Br/c1-7-24(23(5)18-35-6)19-38-33-41-32-30(22(3)4)21-40-43(32)34(42-33)39-20-26-11-9-10-12-28(26)31-29-14-13-27(36-8-2)17-25(29)15-16-37-31;1-3-2;1-2/h8-17,21-24,35-36H,2,7,18-20H2,1,3-6H3,(H2,38,39,41,42);3H,1H2,2H3;1H3/t23-,24+;;/m0../s1. The molecule has 5 rings (SSSR count). The number of rotatable bonds is 14. The molecule has 5 aromatic rings. The molecule has 0 fully saturated rings. The first kappa shape index (κ1) is 38.2. The minimum atomic E-state index is 0.285. The average molecular weight is 715 g/mol. The fraction of sp³-hybridized carbons (Fsp3) is 0.368. The summed E-state index contributed by atoms with van der Waals surface area (Å²) in [6.07, 6.45) is 8.28. The van der Waals surface area contributed by atoms with E-state index < -0.39 is 0 Å². The number of pyridine rings is 1. The van der Waals surface area contributed by atoms with E-state index in [0.29, 0.717) is 30.3 Å². The summed E-state index contributed by atoms with van der Waals surface area (Å²) in [6.45, 7) is 20.2. The van der Waals surface area contributed by atoms with Gasteiger partial charge in [0.1, 0.15) is 0 Å². The number of anilines is 3. The van der Waals surface area contributed by atoms with Gasteiger partial charge in [-0.15, -0.1) is 6.58 Å². The van der Waals surface area contributed by atoms with Gasteiger partial charge in [0.25, 0.3) is 0 Å². The van der Waals surface area contributed by atoms with Gasteiger partial charge in [0, 0.05) is 41.5 Å². The first-order valence-electron chi connectivity index (χ1n) is 16.5. The number of halogens is 1. The van der Waals surface area contributed by atoms with Gasteiger partial charge in [0.05, 0.1) is 11.9 Å². The minimum Gasteiger partial charge on any atom is -0.362 e. The Bertz CT molecular complexity index is 1750. The van der Waals surface area contributed by atoms with Crippen molar-refractivity contribution in [3.05, 3.63) is 97.5 Å². The topological polar surface area (TPSA) is 104 Å². The molecule has 2 atom stereocenters. The monoisotopic (exact) mass is 713 g/mol. The Morgan fingerprint density at radius 3 is 2.42 bits per heavy atom. The van der Waals surface area contributed by atoms with Gasteiger partial charge in [-0.1, -0.05) is 93.0 Å². The Kier molecular flexibility index (Phi) is 15.5. The average Bonchev–Trinajstić information content (AvgIpc) is 3.53. The summed E-state index contributed by atoms with van der Waals surface area (Å²) in [5.74, 6) is 4.40. The SMILES string of the molecule is C=CC.C=CNc1ccc2c(-c3ccccc3CNc3nc(NC[C@@H](CC)[C@@H](C)CNC)nc4c(C(C)C)cnn34)nccc2c1.CBr. The third kappa shape index (κ3) is 9.64. The fourth-order valence-corrected chi connectivity index (χ4v) is 5.63. The normalized spacial score (nSPS) is 11.9. The van der Waals surface area contributed by atoms with Crippen molar-refractivity contribution >= 4 is 49.9 Å². The molecule has 3 aromatic heterocycles. The molecule has 9 nitrogen and oxygen atoms in total. The van der Waals surface area contributed by atoms with Crippen LogP contribution in [0.3, 0.4) is 0 Å². The Balaban J connectivity index is 0.00000118. The second-order valence-corrected chi connectivity index (χ2v) is 11.8. The van der Waals surface area contributed by atoms with Crippen LogP contribution in [0.15, 0.2) is 86.4 Å². The van der Waals surface area contributed by atoms with E-state index in [1.807, 2.05) is 42.8 Å². The zero-order valence-corrected chi connectivity index (χ0v) is 31.1. The number of hydrogen-bond donors (Lipinski definition) is 4. The molecule has 256 valence electrons. The lowest BCUT2D eigenvalue weighted by Crippen LogP contribution is -2.28. The smallest absolute Gasteiger partial charge is 0.229 e. The van der Waals surface area contributed by atoms with Gasteiger partial charge in [-0.25, -0.2) is 0 Å². The van der Waals surface area contributed by atoms with Crippen LogP contribution in [0.25, 0.3) is 27.7 Å². The van der Waals surface area contributed by atoms with Crippen molar-refractivity contribution in [2.75, 3.05) is 41.9 Å². The van der Waals surface area contributed by atoms with E-state index in [2.05, 4.69) is 126 Å². The Morgan fingerprint density at radius 1 is 0.979 bits per heavy atom. The van der Waals surface area contributed by atoms with Gasteiger partial charge in [0.15, 0.2) is 5.65 Å². The van der Waals surface area contributed by atoms with Crippen molar-refractivity contribution < 1.29 is 0 Å². The lowest BCUT2D eigenvalue weighted by atomic mass is 9.91. The van der Waals surface area contributed by atoms with E-state index in [4.69, 9.17) is 15.0 Å². The highest BCUT2D eigenvalue weighted by Crippen LogP contribution is 2.31. The van der Waals surface area contributed by atoms with Crippen LogP contribution >= 0.6 is 15.9 Å². The summed E-state index contributed by atoms with van der Waals surface area (Å²) >= 11 is 2.94. The molecule has 0 amide bonds. The first-order chi connectivity index (χ1) is 23.3. The molecular weight excluding hydrogens is 662 g/mol. The first-order valence-corrected chi connectivity index (χ1v) is 18.1. The molecule has 0 aliphatic rings. The molecule has 4 N–H and O–H groups in total. The van der Waals surface area contributed by atoms with E-state index in [-0.39, 0.29) is 5.92 Å². The molecule has 2 aromatic carbocycles. The van der Waals surface area contributed by atoms with E-state index in [0.717, 1.165) is 64.0 Å². The highest BCUT2D eigenvalue weighted by molar-refractivity contribution is 9.08. The zero-order valence-electron chi connectivity index (χ0n) is 29.5. The van der Waals surface area contributed by atoms with Gasteiger partial charge < -0.3 is 21.3 Å². The molecule has 48 heavy (non-hydrogen) atoms. The second-order valence-electron chi connectivity index (χ2n) is 11.8. The Hall–Kier alpha value is -4.28. The number of alkyl halides is 1. The van der Waals surface area contributed by atoms with E-state index in [9.17, 15) is 0 Å². The molecule has 0 spiro atoms. The highest BCUT2D eigenvalue weighted by atomic mass is 79.9. The van der Waals surface area contributed by atoms with E-state index in [1.54, 1.807) is 12.3 Å². The molecule has 0 saturated carbocycles.